The van der Waals surface area contributed by atoms with Crippen molar-refractivity contribution in [2.75, 3.05) is 0 Å². The number of amides is 1. The van der Waals surface area contributed by atoms with Crippen LogP contribution in [0.4, 0.5) is 13.2 Å². The van der Waals surface area contributed by atoms with Crippen LogP contribution in [0.15, 0.2) is 72.8 Å². The molecule has 0 saturated carbocycles. The van der Waals surface area contributed by atoms with Gasteiger partial charge in [0.25, 0.3) is 5.91 Å². The Balaban J connectivity index is 1.85. The number of benzene rings is 3. The van der Waals surface area contributed by atoms with Crippen LogP contribution in [0.25, 0.3) is 0 Å². The first-order valence-electron chi connectivity index (χ1n) is 10.9. The van der Waals surface area contributed by atoms with Gasteiger partial charge in [0, 0.05) is 5.56 Å². The number of sulfonamides is 1. The van der Waals surface area contributed by atoms with Crippen LogP contribution in [-0.2, 0) is 16.2 Å². The minimum absolute atomic E-state index is 0.464. The molecule has 0 aliphatic rings. The Labute approximate surface area is 208 Å². The van der Waals surface area contributed by atoms with Gasteiger partial charge in [0.2, 0.25) is 10.0 Å². The zero-order chi connectivity index (χ0) is 26.7. The molecule has 1 unspecified atom stereocenters. The lowest BCUT2D eigenvalue weighted by Gasteiger charge is -2.21. The van der Waals surface area contributed by atoms with Gasteiger partial charge in [-0.1, -0.05) is 30.3 Å². The topological polar surface area (TPSA) is 81.7 Å². The summed E-state index contributed by atoms with van der Waals surface area (Å²) in [5.41, 5.74) is -1.10. The summed E-state index contributed by atoms with van der Waals surface area (Å²) in [4.78, 5) is 12.4. The third-order valence-electron chi connectivity index (χ3n) is 5.19. The van der Waals surface area contributed by atoms with Crippen LogP contribution in [0.1, 0.15) is 55.3 Å². The van der Waals surface area contributed by atoms with Crippen LogP contribution < -0.4 is 14.2 Å². The van der Waals surface area contributed by atoms with E-state index in [1.165, 1.54) is 20.8 Å². The molecule has 0 saturated heterocycles. The van der Waals surface area contributed by atoms with Crippen molar-refractivity contribution >= 4 is 15.9 Å². The molecule has 0 aliphatic heterocycles. The first-order chi connectivity index (χ1) is 16.7. The number of hydrogen-bond acceptors (Lipinski definition) is 5. The van der Waals surface area contributed by atoms with E-state index in [0.717, 1.165) is 12.1 Å². The normalized spacial score (nSPS) is 13.1. The maximum atomic E-state index is 13.8. The lowest BCUT2D eigenvalue weighted by Crippen LogP contribution is -2.42. The highest BCUT2D eigenvalue weighted by molar-refractivity contribution is 7.91. The molecule has 192 valence electrons. The Hall–Kier alpha value is -3.53. The maximum absolute atomic E-state index is 13.8. The van der Waals surface area contributed by atoms with Crippen molar-refractivity contribution in [3.63, 3.8) is 0 Å². The molecule has 10 heteroatoms. The Kier molecular flexibility index (Phi) is 7.68. The van der Waals surface area contributed by atoms with Gasteiger partial charge in [0.05, 0.1) is 10.3 Å². The molecule has 3 rings (SSSR count). The number of nitrogens with one attached hydrogen (secondary N) is 1. The molecule has 36 heavy (non-hydrogen) atoms. The SMILES string of the molecule is CC(Oc1ccc(C(=O)NS(=O)(=O)C(C)(C)C)cc1C(F)(F)F)c1cccc(Oc2ccccc2)c1. The van der Waals surface area contributed by atoms with E-state index in [2.05, 4.69) is 0 Å². The minimum atomic E-state index is -4.85. The van der Waals surface area contributed by atoms with Crippen molar-refractivity contribution < 1.29 is 35.9 Å². The van der Waals surface area contributed by atoms with Crippen molar-refractivity contribution in [3.8, 4) is 17.2 Å². The molecular formula is C26H26F3NO5S. The van der Waals surface area contributed by atoms with E-state index in [0.29, 0.717) is 23.1 Å². The lowest BCUT2D eigenvalue weighted by molar-refractivity contribution is -0.139. The lowest BCUT2D eigenvalue weighted by atomic mass is 10.1. The fraction of sp³-hybridized carbons (Fsp3) is 0.269. The van der Waals surface area contributed by atoms with Gasteiger partial charge in [-0.2, -0.15) is 13.2 Å². The second kappa shape index (κ2) is 10.2. The number of carbonyl (C=O) groups excluding carboxylic acids is 1. The van der Waals surface area contributed by atoms with Crippen molar-refractivity contribution in [1.29, 1.82) is 0 Å². The Morgan fingerprint density at radius 3 is 2.14 bits per heavy atom. The van der Waals surface area contributed by atoms with Crippen LogP contribution in [0.2, 0.25) is 0 Å². The van der Waals surface area contributed by atoms with E-state index in [1.54, 1.807) is 43.3 Å². The van der Waals surface area contributed by atoms with Gasteiger partial charge in [-0.05, 0) is 75.7 Å². The van der Waals surface area contributed by atoms with E-state index in [4.69, 9.17) is 9.47 Å². The molecule has 0 radical (unpaired) electrons. The molecule has 1 atom stereocenters. The smallest absolute Gasteiger partial charge is 0.419 e. The summed E-state index contributed by atoms with van der Waals surface area (Å²) in [5, 5.41) is 0. The maximum Gasteiger partial charge on any atom is 0.419 e. The number of para-hydroxylation sites is 1. The molecule has 0 fully saturated rings. The summed E-state index contributed by atoms with van der Waals surface area (Å²) in [6.07, 6.45) is -5.65. The molecule has 1 amide bonds. The first kappa shape index (κ1) is 27.1. The molecule has 1 N–H and O–H groups in total. The summed E-state index contributed by atoms with van der Waals surface area (Å²) in [5.74, 6) is -0.581. The zero-order valence-electron chi connectivity index (χ0n) is 20.1. The molecule has 0 spiro atoms. The number of carbonyl (C=O) groups is 1. The quantitative estimate of drug-likeness (QED) is 0.384. The summed E-state index contributed by atoms with van der Waals surface area (Å²) >= 11 is 0. The predicted octanol–water partition coefficient (Wildman–Crippen LogP) is 6.50. The summed E-state index contributed by atoms with van der Waals surface area (Å²) in [6, 6.07) is 18.4. The standard InChI is InChI=1S/C26H26F3NO5S/c1-17(18-9-8-12-21(15-18)35-20-10-6-5-7-11-20)34-23-14-13-19(16-22(23)26(27,28)29)24(31)30-36(32,33)25(2,3)4/h5-17H,1-4H3,(H,30,31). The van der Waals surface area contributed by atoms with E-state index in [-0.39, 0.29) is 0 Å². The fourth-order valence-electron chi connectivity index (χ4n) is 3.04. The molecule has 0 aromatic heterocycles. The number of hydrogen-bond donors (Lipinski definition) is 1. The number of halogens is 3. The Bertz CT molecular complexity index is 1330. The van der Waals surface area contributed by atoms with E-state index >= 15 is 0 Å². The third kappa shape index (κ3) is 6.57. The second-order valence-corrected chi connectivity index (χ2v) is 11.4. The summed E-state index contributed by atoms with van der Waals surface area (Å²) < 4.78 is 77.9. The Morgan fingerprint density at radius 2 is 1.53 bits per heavy atom. The van der Waals surface area contributed by atoms with Crippen LogP contribution in [0.3, 0.4) is 0 Å². The molecule has 0 aliphatic carbocycles. The van der Waals surface area contributed by atoms with E-state index in [1.807, 2.05) is 22.9 Å². The molecule has 6 nitrogen and oxygen atoms in total. The molecule has 0 bridgehead atoms. The van der Waals surface area contributed by atoms with Crippen molar-refractivity contribution in [1.82, 2.24) is 4.72 Å². The molecular weight excluding hydrogens is 495 g/mol. The number of alkyl halides is 3. The fourth-order valence-corrected chi connectivity index (χ4v) is 3.71. The number of rotatable bonds is 7. The van der Waals surface area contributed by atoms with Gasteiger partial charge < -0.3 is 9.47 Å². The third-order valence-corrected chi connectivity index (χ3v) is 7.26. The molecule has 3 aromatic carbocycles. The molecule has 0 heterocycles. The van der Waals surface area contributed by atoms with Gasteiger partial charge in [-0.3, -0.25) is 4.79 Å². The minimum Gasteiger partial charge on any atom is -0.485 e. The highest BCUT2D eigenvalue weighted by Gasteiger charge is 2.37. The van der Waals surface area contributed by atoms with Gasteiger partial charge in [-0.25, -0.2) is 13.1 Å². The van der Waals surface area contributed by atoms with Gasteiger partial charge in [0.15, 0.2) is 0 Å². The van der Waals surface area contributed by atoms with Crippen LogP contribution in [-0.4, -0.2) is 19.1 Å². The monoisotopic (exact) mass is 521 g/mol. The van der Waals surface area contributed by atoms with Gasteiger partial charge in [-0.15, -0.1) is 0 Å². The molecule has 3 aromatic rings. The van der Waals surface area contributed by atoms with Crippen LogP contribution in [0.5, 0.6) is 17.2 Å². The van der Waals surface area contributed by atoms with Crippen LogP contribution in [0, 0.1) is 0 Å². The average Bonchev–Trinajstić information content (AvgIpc) is 2.78. The highest BCUT2D eigenvalue weighted by atomic mass is 32.2. The van der Waals surface area contributed by atoms with Crippen LogP contribution >= 0.6 is 0 Å². The average molecular weight is 522 g/mol. The predicted molar refractivity (Wildman–Crippen MR) is 130 cm³/mol. The zero-order valence-corrected chi connectivity index (χ0v) is 20.9. The summed E-state index contributed by atoms with van der Waals surface area (Å²) in [6.45, 7) is 5.67. The van der Waals surface area contributed by atoms with Gasteiger partial charge >= 0.3 is 6.18 Å². The first-order valence-corrected chi connectivity index (χ1v) is 12.4. The van der Waals surface area contributed by atoms with Crippen molar-refractivity contribution in [2.24, 2.45) is 0 Å². The van der Waals surface area contributed by atoms with Gasteiger partial charge in [0.1, 0.15) is 23.4 Å². The van der Waals surface area contributed by atoms with E-state index < -0.39 is 49.8 Å². The largest absolute Gasteiger partial charge is 0.485 e. The van der Waals surface area contributed by atoms with Crippen molar-refractivity contribution in [3.05, 3.63) is 89.5 Å². The second-order valence-electron chi connectivity index (χ2n) is 9.00. The van der Waals surface area contributed by atoms with Crippen molar-refractivity contribution in [2.45, 2.75) is 44.7 Å². The Morgan fingerprint density at radius 1 is 0.889 bits per heavy atom. The summed E-state index contributed by atoms with van der Waals surface area (Å²) in [7, 11) is -4.11. The van der Waals surface area contributed by atoms with E-state index in [9.17, 15) is 26.4 Å². The number of ether oxygens (including phenoxy) is 2. The highest BCUT2D eigenvalue weighted by Crippen LogP contribution is 2.39.